The minimum atomic E-state index is -4.04. The van der Waals surface area contributed by atoms with Gasteiger partial charge in [-0.25, -0.2) is 14.8 Å². The molecule has 0 aliphatic heterocycles. The van der Waals surface area contributed by atoms with Gasteiger partial charge in [-0.2, -0.15) is 8.42 Å². The summed E-state index contributed by atoms with van der Waals surface area (Å²) < 4.78 is 27.3. The molecule has 2 heterocycles. The molecule has 4 N–H and O–H groups in total. The van der Waals surface area contributed by atoms with Crippen LogP contribution in [-0.2, 0) is 10.0 Å². The molecule has 3 rings (SSSR count). The quantitative estimate of drug-likeness (QED) is 0.504. The van der Waals surface area contributed by atoms with Gasteiger partial charge in [-0.1, -0.05) is 18.2 Å². The number of aromatic hydroxyl groups is 1. The molecule has 0 radical (unpaired) electrons. The number of aromatic amines is 1. The number of aromatic carboxylic acids is 1. The third kappa shape index (κ3) is 3.62. The minimum Gasteiger partial charge on any atom is -0.501 e. The van der Waals surface area contributed by atoms with E-state index in [0.717, 1.165) is 0 Å². The lowest BCUT2D eigenvalue weighted by molar-refractivity contribution is 0.0686. The molecule has 0 bridgehead atoms. The number of nitrogens with one attached hydrogen (secondary N) is 2. The number of rotatable bonds is 5. The van der Waals surface area contributed by atoms with Crippen molar-refractivity contribution in [1.29, 1.82) is 0 Å². The van der Waals surface area contributed by atoms with Crippen molar-refractivity contribution in [1.82, 2.24) is 15.0 Å². The molecule has 10 nitrogen and oxygen atoms in total. The Kier molecular flexibility index (Phi) is 4.60. The number of para-hydroxylation sites is 1. The van der Waals surface area contributed by atoms with E-state index in [2.05, 4.69) is 19.7 Å². The van der Waals surface area contributed by atoms with E-state index < -0.39 is 33.0 Å². The summed E-state index contributed by atoms with van der Waals surface area (Å²) in [6.45, 7) is 0. The highest BCUT2D eigenvalue weighted by Crippen LogP contribution is 2.27. The zero-order valence-electron chi connectivity index (χ0n) is 13.4. The van der Waals surface area contributed by atoms with Gasteiger partial charge in [0.05, 0.1) is 5.69 Å². The van der Waals surface area contributed by atoms with Gasteiger partial charge in [-0.3, -0.25) is 9.52 Å². The van der Waals surface area contributed by atoms with Gasteiger partial charge < -0.3 is 15.2 Å². The second kappa shape index (κ2) is 6.88. The van der Waals surface area contributed by atoms with E-state index in [1.165, 1.54) is 36.5 Å². The number of nitrogens with zero attached hydrogens (tertiary/aromatic N) is 2. The number of H-pyrrole nitrogens is 1. The highest BCUT2D eigenvalue weighted by atomic mass is 32.2. The van der Waals surface area contributed by atoms with Crippen molar-refractivity contribution in [3.63, 3.8) is 0 Å². The normalized spacial score (nSPS) is 11.1. The van der Waals surface area contributed by atoms with Crippen LogP contribution in [0.1, 0.15) is 10.5 Å². The number of hydrogen-bond donors (Lipinski definition) is 4. The number of hydrogen-bond acceptors (Lipinski definition) is 7. The summed E-state index contributed by atoms with van der Waals surface area (Å²) >= 11 is 0. The van der Waals surface area contributed by atoms with Crippen LogP contribution in [0.3, 0.4) is 0 Å². The zero-order chi connectivity index (χ0) is 19.6. The number of carbonyl (C=O) groups is 1. The Balaban J connectivity index is 2.11. The molecule has 0 spiro atoms. The van der Waals surface area contributed by atoms with E-state index in [-0.39, 0.29) is 22.1 Å². The van der Waals surface area contributed by atoms with E-state index in [1.54, 1.807) is 12.1 Å². The SMILES string of the molecule is O=C(O)c1nc(-c2ccccc2NS(=O)(=O)c2ccccn2)[nH]c(=O)c1O. The lowest BCUT2D eigenvalue weighted by Gasteiger charge is -2.12. The molecule has 0 amide bonds. The van der Waals surface area contributed by atoms with E-state index in [9.17, 15) is 23.1 Å². The van der Waals surface area contributed by atoms with Crippen LogP contribution in [-0.4, -0.2) is 39.6 Å². The smallest absolute Gasteiger partial charge is 0.358 e. The molecule has 11 heteroatoms. The zero-order valence-corrected chi connectivity index (χ0v) is 14.3. The largest absolute Gasteiger partial charge is 0.501 e. The van der Waals surface area contributed by atoms with Gasteiger partial charge in [0.2, 0.25) is 5.75 Å². The van der Waals surface area contributed by atoms with Crippen molar-refractivity contribution >= 4 is 21.7 Å². The first-order chi connectivity index (χ1) is 12.8. The lowest BCUT2D eigenvalue weighted by Crippen LogP contribution is -2.17. The van der Waals surface area contributed by atoms with Gasteiger partial charge in [-0.05, 0) is 24.3 Å². The third-order valence-electron chi connectivity index (χ3n) is 3.44. The van der Waals surface area contributed by atoms with Crippen LogP contribution in [0.25, 0.3) is 11.4 Å². The number of carboxylic acids is 1. The van der Waals surface area contributed by atoms with Gasteiger partial charge in [0.15, 0.2) is 10.7 Å². The number of aromatic nitrogens is 3. The molecule has 0 aliphatic rings. The molecule has 0 unspecified atom stereocenters. The molecular weight excluding hydrogens is 376 g/mol. The number of pyridine rings is 1. The van der Waals surface area contributed by atoms with Crippen molar-refractivity contribution in [3.8, 4) is 17.1 Å². The summed E-state index contributed by atoms with van der Waals surface area (Å²) in [6.07, 6.45) is 1.32. The maximum Gasteiger partial charge on any atom is 0.358 e. The van der Waals surface area contributed by atoms with Crippen LogP contribution >= 0.6 is 0 Å². The Hall–Kier alpha value is -3.73. The fourth-order valence-electron chi connectivity index (χ4n) is 2.23. The molecule has 0 atom stereocenters. The number of carboxylic acid groups (broad SMARTS) is 1. The standard InChI is InChI=1S/C16H12N4O6S/c21-13-12(16(23)24)18-14(19-15(13)22)9-5-1-2-6-10(9)20-27(25,26)11-7-3-4-8-17-11/h1-8,20-21H,(H,23,24)(H,18,19,22). The predicted molar refractivity (Wildman–Crippen MR) is 94.0 cm³/mol. The fourth-order valence-corrected chi connectivity index (χ4v) is 3.25. The van der Waals surface area contributed by atoms with Crippen molar-refractivity contribution in [2.75, 3.05) is 4.72 Å². The van der Waals surface area contributed by atoms with Gasteiger partial charge in [-0.15, -0.1) is 0 Å². The first-order valence-electron chi connectivity index (χ1n) is 7.39. The maximum absolute atomic E-state index is 12.5. The highest BCUT2D eigenvalue weighted by Gasteiger charge is 2.21. The van der Waals surface area contributed by atoms with Crippen LogP contribution in [0.2, 0.25) is 0 Å². The summed E-state index contributed by atoms with van der Waals surface area (Å²) in [6, 6.07) is 10.3. The fraction of sp³-hybridized carbons (Fsp3) is 0. The van der Waals surface area contributed by atoms with Crippen molar-refractivity contribution in [2.24, 2.45) is 0 Å². The van der Waals surface area contributed by atoms with E-state index in [0.29, 0.717) is 0 Å². The van der Waals surface area contributed by atoms with E-state index in [1.807, 2.05) is 0 Å². The molecular formula is C16H12N4O6S. The van der Waals surface area contributed by atoms with Crippen molar-refractivity contribution < 1.29 is 23.4 Å². The van der Waals surface area contributed by atoms with Crippen LogP contribution in [0, 0.1) is 0 Å². The Labute approximate surface area is 152 Å². The van der Waals surface area contributed by atoms with Gasteiger partial charge in [0.1, 0.15) is 5.82 Å². The first kappa shape index (κ1) is 18.1. The van der Waals surface area contributed by atoms with Crippen LogP contribution in [0.15, 0.2) is 58.5 Å². The number of anilines is 1. The number of sulfonamides is 1. The van der Waals surface area contributed by atoms with E-state index >= 15 is 0 Å². The summed E-state index contributed by atoms with van der Waals surface area (Å²) in [5, 5.41) is 18.4. The molecule has 0 saturated carbocycles. The third-order valence-corrected chi connectivity index (χ3v) is 4.72. The van der Waals surface area contributed by atoms with Crippen LogP contribution in [0.5, 0.6) is 5.75 Å². The van der Waals surface area contributed by atoms with Crippen molar-refractivity contribution in [3.05, 3.63) is 64.7 Å². The van der Waals surface area contributed by atoms with Gasteiger partial charge in [0.25, 0.3) is 15.6 Å². The summed E-state index contributed by atoms with van der Waals surface area (Å²) in [5.41, 5.74) is -1.78. The number of benzene rings is 1. The summed E-state index contributed by atoms with van der Waals surface area (Å²) in [4.78, 5) is 32.7. The second-order valence-electron chi connectivity index (χ2n) is 5.24. The molecule has 27 heavy (non-hydrogen) atoms. The Morgan fingerprint density at radius 1 is 1.11 bits per heavy atom. The van der Waals surface area contributed by atoms with Crippen LogP contribution in [0.4, 0.5) is 5.69 Å². The highest BCUT2D eigenvalue weighted by molar-refractivity contribution is 7.92. The molecule has 0 aliphatic carbocycles. The van der Waals surface area contributed by atoms with E-state index in [4.69, 9.17) is 5.11 Å². The predicted octanol–water partition coefficient (Wildman–Crippen LogP) is 1.04. The molecule has 3 aromatic rings. The molecule has 138 valence electrons. The van der Waals surface area contributed by atoms with Crippen LogP contribution < -0.4 is 10.3 Å². The molecule has 1 aromatic carbocycles. The maximum atomic E-state index is 12.5. The topological polar surface area (TPSA) is 162 Å². The molecule has 2 aromatic heterocycles. The lowest BCUT2D eigenvalue weighted by atomic mass is 10.1. The molecule has 0 fully saturated rings. The first-order valence-corrected chi connectivity index (χ1v) is 8.88. The summed E-state index contributed by atoms with van der Waals surface area (Å²) in [7, 11) is -4.04. The Morgan fingerprint density at radius 3 is 2.48 bits per heavy atom. The van der Waals surface area contributed by atoms with Gasteiger partial charge >= 0.3 is 5.97 Å². The van der Waals surface area contributed by atoms with Crippen molar-refractivity contribution in [2.45, 2.75) is 5.03 Å². The Bertz CT molecular complexity index is 1180. The summed E-state index contributed by atoms with van der Waals surface area (Å²) in [5.74, 6) is -2.88. The Morgan fingerprint density at radius 2 is 1.81 bits per heavy atom. The molecule has 0 saturated heterocycles. The minimum absolute atomic E-state index is 0.0355. The monoisotopic (exact) mass is 388 g/mol. The average molecular weight is 388 g/mol. The van der Waals surface area contributed by atoms with Gasteiger partial charge in [0, 0.05) is 11.8 Å². The average Bonchev–Trinajstić information content (AvgIpc) is 2.64. The second-order valence-corrected chi connectivity index (χ2v) is 6.87.